The van der Waals surface area contributed by atoms with Gasteiger partial charge in [0.15, 0.2) is 13.1 Å². The molecule has 1 unspecified atom stereocenters. The summed E-state index contributed by atoms with van der Waals surface area (Å²) in [5, 5.41) is 6.18. The Morgan fingerprint density at radius 3 is 2.23 bits per heavy atom. The van der Waals surface area contributed by atoms with Crippen LogP contribution in [0.5, 0.6) is 0 Å². The number of benzene rings is 2. The summed E-state index contributed by atoms with van der Waals surface area (Å²) in [6.45, 7) is 4.83. The second-order valence-corrected chi connectivity index (χ2v) is 8.51. The zero-order valence-electron chi connectivity index (χ0n) is 17.6. The highest BCUT2D eigenvalue weighted by molar-refractivity contribution is 6.33. The number of anilines is 3. The number of carbonyl (C=O) groups excluding carboxylic acids is 2. The highest BCUT2D eigenvalue weighted by Crippen LogP contribution is 2.24. The summed E-state index contributed by atoms with van der Waals surface area (Å²) >= 11 is 6.06. The van der Waals surface area contributed by atoms with Gasteiger partial charge in [0.25, 0.3) is 11.8 Å². The monoisotopic (exact) mass is 429 g/mol. The normalized spacial score (nSPS) is 15.5. The Morgan fingerprint density at radius 2 is 1.60 bits per heavy atom. The number of hydrogen-bond donors (Lipinski definition) is 3. The van der Waals surface area contributed by atoms with E-state index in [1.807, 2.05) is 25.2 Å². The molecule has 0 bridgehead atoms. The highest BCUT2D eigenvalue weighted by Gasteiger charge is 2.17. The molecule has 0 aliphatic carbocycles. The Kier molecular flexibility index (Phi) is 7.71. The van der Waals surface area contributed by atoms with Gasteiger partial charge in [-0.1, -0.05) is 30.7 Å². The van der Waals surface area contributed by atoms with Crippen LogP contribution in [0.15, 0.2) is 48.5 Å². The lowest BCUT2D eigenvalue weighted by molar-refractivity contribution is -0.862. The molecule has 160 valence electrons. The van der Waals surface area contributed by atoms with Gasteiger partial charge >= 0.3 is 0 Å². The molecular weight excluding hydrogens is 400 g/mol. The molecule has 0 saturated carbocycles. The predicted molar refractivity (Wildman–Crippen MR) is 122 cm³/mol. The van der Waals surface area contributed by atoms with Crippen molar-refractivity contribution < 1.29 is 14.5 Å². The van der Waals surface area contributed by atoms with Gasteiger partial charge in [-0.25, -0.2) is 0 Å². The lowest BCUT2D eigenvalue weighted by atomic mass is 9.99. The molecule has 1 aliphatic heterocycles. The summed E-state index contributed by atoms with van der Waals surface area (Å²) in [6.07, 6.45) is 2.44. The average molecular weight is 430 g/mol. The largest absolute Gasteiger partial charge is 0.372 e. The molecule has 3 N–H and O–H groups in total. The smallest absolute Gasteiger partial charge is 0.279 e. The topological polar surface area (TPSA) is 65.9 Å². The SMILES string of the molecule is CC1CCN(c2ccc(NC(=O)C[NH+](C)CC(=O)Nc3ccccc3Cl)cc2)CC1. The van der Waals surface area contributed by atoms with E-state index in [1.165, 1.54) is 18.5 Å². The molecule has 0 aromatic heterocycles. The summed E-state index contributed by atoms with van der Waals surface area (Å²) in [5.41, 5.74) is 2.53. The van der Waals surface area contributed by atoms with Crippen LogP contribution in [0.3, 0.4) is 0 Å². The Morgan fingerprint density at radius 1 is 1.00 bits per heavy atom. The minimum Gasteiger partial charge on any atom is -0.372 e. The van der Waals surface area contributed by atoms with Crippen LogP contribution in [0.25, 0.3) is 0 Å². The zero-order valence-corrected chi connectivity index (χ0v) is 18.3. The second kappa shape index (κ2) is 10.5. The molecule has 0 radical (unpaired) electrons. The highest BCUT2D eigenvalue weighted by atomic mass is 35.5. The standard InChI is InChI=1S/C23H29ClN4O2/c1-17-11-13-28(14-12-17)19-9-7-18(8-10-19)25-22(29)15-27(2)16-23(30)26-21-6-4-3-5-20(21)24/h3-10,17H,11-16H2,1-2H3,(H,25,29)(H,26,30)/p+1. The quantitative estimate of drug-likeness (QED) is 0.634. The van der Waals surface area contributed by atoms with E-state index in [0.29, 0.717) is 10.7 Å². The van der Waals surface area contributed by atoms with Gasteiger partial charge in [-0.05, 0) is 55.2 Å². The Labute approximate surface area is 183 Å². The van der Waals surface area contributed by atoms with Crippen LogP contribution in [0.1, 0.15) is 19.8 Å². The van der Waals surface area contributed by atoms with Crippen LogP contribution in [0.4, 0.5) is 17.1 Å². The first-order chi connectivity index (χ1) is 14.4. The molecule has 1 fully saturated rings. The molecule has 30 heavy (non-hydrogen) atoms. The molecule has 2 aromatic rings. The fourth-order valence-electron chi connectivity index (χ4n) is 3.60. The number of amides is 2. The van der Waals surface area contributed by atoms with Gasteiger partial charge in [0, 0.05) is 24.5 Å². The van der Waals surface area contributed by atoms with Crippen LogP contribution < -0.4 is 20.4 Å². The predicted octanol–water partition coefficient (Wildman–Crippen LogP) is 2.67. The van der Waals surface area contributed by atoms with E-state index >= 15 is 0 Å². The van der Waals surface area contributed by atoms with E-state index in [-0.39, 0.29) is 24.9 Å². The minimum atomic E-state index is -0.186. The lowest BCUT2D eigenvalue weighted by Gasteiger charge is -2.32. The summed E-state index contributed by atoms with van der Waals surface area (Å²) in [4.78, 5) is 27.7. The van der Waals surface area contributed by atoms with Gasteiger partial charge in [-0.2, -0.15) is 0 Å². The maximum atomic E-state index is 12.3. The van der Waals surface area contributed by atoms with E-state index in [1.54, 1.807) is 18.2 Å². The lowest BCUT2D eigenvalue weighted by Crippen LogP contribution is -3.11. The Balaban J connectivity index is 1.44. The average Bonchev–Trinajstić information content (AvgIpc) is 2.70. The molecule has 3 rings (SSSR count). The Hall–Kier alpha value is -2.57. The van der Waals surface area contributed by atoms with E-state index in [9.17, 15) is 9.59 Å². The molecule has 1 heterocycles. The third-order valence-corrected chi connectivity index (χ3v) is 5.70. The fraction of sp³-hybridized carbons (Fsp3) is 0.391. The van der Waals surface area contributed by atoms with Gasteiger partial charge in [0.1, 0.15) is 0 Å². The fourth-order valence-corrected chi connectivity index (χ4v) is 3.78. The number of nitrogens with one attached hydrogen (secondary N) is 3. The first-order valence-electron chi connectivity index (χ1n) is 10.4. The molecule has 2 amide bonds. The van der Waals surface area contributed by atoms with E-state index in [0.717, 1.165) is 29.6 Å². The molecule has 1 saturated heterocycles. The first kappa shape index (κ1) is 22.1. The van der Waals surface area contributed by atoms with Gasteiger partial charge in [-0.3, -0.25) is 9.59 Å². The number of piperidine rings is 1. The van der Waals surface area contributed by atoms with Crippen molar-refractivity contribution in [2.75, 3.05) is 48.8 Å². The van der Waals surface area contributed by atoms with Gasteiger partial charge in [0.2, 0.25) is 0 Å². The van der Waals surface area contributed by atoms with Crippen LogP contribution in [-0.4, -0.2) is 45.0 Å². The van der Waals surface area contributed by atoms with Crippen LogP contribution in [0, 0.1) is 5.92 Å². The number of quaternary nitrogens is 1. The van der Waals surface area contributed by atoms with Crippen molar-refractivity contribution >= 4 is 40.5 Å². The van der Waals surface area contributed by atoms with E-state index < -0.39 is 0 Å². The van der Waals surface area contributed by atoms with Crippen LogP contribution in [0.2, 0.25) is 5.02 Å². The van der Waals surface area contributed by atoms with Gasteiger partial charge in [-0.15, -0.1) is 0 Å². The van der Waals surface area contributed by atoms with Crippen molar-refractivity contribution in [1.29, 1.82) is 0 Å². The molecule has 1 atom stereocenters. The van der Waals surface area contributed by atoms with Crippen LogP contribution in [-0.2, 0) is 9.59 Å². The van der Waals surface area contributed by atoms with E-state index in [2.05, 4.69) is 34.6 Å². The van der Waals surface area contributed by atoms with Crippen LogP contribution >= 0.6 is 11.6 Å². The number of rotatable bonds is 7. The summed E-state index contributed by atoms with van der Waals surface area (Å²) in [7, 11) is 1.81. The minimum absolute atomic E-state index is 0.127. The molecule has 2 aromatic carbocycles. The summed E-state index contributed by atoms with van der Waals surface area (Å²) in [5.74, 6) is 0.484. The van der Waals surface area contributed by atoms with Crippen molar-refractivity contribution in [2.24, 2.45) is 5.92 Å². The third kappa shape index (κ3) is 6.47. The number of carbonyl (C=O) groups is 2. The number of likely N-dealkylation sites (N-methyl/N-ethyl adjacent to an activating group) is 1. The van der Waals surface area contributed by atoms with Gasteiger partial charge in [0.05, 0.1) is 17.8 Å². The third-order valence-electron chi connectivity index (χ3n) is 5.37. The van der Waals surface area contributed by atoms with E-state index in [4.69, 9.17) is 11.6 Å². The van der Waals surface area contributed by atoms with Crippen molar-refractivity contribution in [2.45, 2.75) is 19.8 Å². The number of halogens is 1. The van der Waals surface area contributed by atoms with Crippen molar-refractivity contribution in [1.82, 2.24) is 0 Å². The zero-order chi connectivity index (χ0) is 21.5. The molecular formula is C23H30ClN4O2+. The number of hydrogen-bond acceptors (Lipinski definition) is 3. The number of nitrogens with zero attached hydrogens (tertiary/aromatic N) is 1. The van der Waals surface area contributed by atoms with Gasteiger partial charge < -0.3 is 20.4 Å². The summed E-state index contributed by atoms with van der Waals surface area (Å²) in [6, 6.07) is 15.1. The van der Waals surface area contributed by atoms with Crippen molar-refractivity contribution in [3.05, 3.63) is 53.6 Å². The number of para-hydroxylation sites is 1. The summed E-state index contributed by atoms with van der Waals surface area (Å²) < 4.78 is 0. The maximum absolute atomic E-state index is 12.3. The molecule has 0 spiro atoms. The first-order valence-corrected chi connectivity index (χ1v) is 10.8. The second-order valence-electron chi connectivity index (χ2n) is 8.10. The molecule has 6 nitrogen and oxygen atoms in total. The van der Waals surface area contributed by atoms with Crippen molar-refractivity contribution in [3.63, 3.8) is 0 Å². The molecule has 1 aliphatic rings. The van der Waals surface area contributed by atoms with Crippen molar-refractivity contribution in [3.8, 4) is 0 Å². The molecule has 7 heteroatoms. The Bertz CT molecular complexity index is 864. The maximum Gasteiger partial charge on any atom is 0.279 e.